The average molecular weight is 305 g/mol. The van der Waals surface area contributed by atoms with Crippen molar-refractivity contribution in [3.8, 4) is 0 Å². The molecular formula is C19H30OP-. The second kappa shape index (κ2) is 8.11. The summed E-state index contributed by atoms with van der Waals surface area (Å²) in [5, 5.41) is 12.7. The van der Waals surface area contributed by atoms with E-state index in [-0.39, 0.29) is 0 Å². The van der Waals surface area contributed by atoms with Gasteiger partial charge in [-0.2, -0.15) is 0 Å². The van der Waals surface area contributed by atoms with Gasteiger partial charge in [-0.1, -0.05) is 59.7 Å². The Balaban J connectivity index is 2.92. The van der Waals surface area contributed by atoms with Crippen molar-refractivity contribution in [1.82, 2.24) is 0 Å². The Labute approximate surface area is 132 Å². The van der Waals surface area contributed by atoms with Gasteiger partial charge in [0.05, 0.1) is 0 Å². The van der Waals surface area contributed by atoms with E-state index < -0.39 is 0 Å². The highest BCUT2D eigenvalue weighted by Crippen LogP contribution is 2.27. The van der Waals surface area contributed by atoms with Crippen LogP contribution in [0.5, 0.6) is 0 Å². The van der Waals surface area contributed by atoms with E-state index in [1.165, 1.54) is 17.5 Å². The minimum absolute atomic E-state index is 0.310. The maximum atomic E-state index is 12.7. The molecule has 0 heterocycles. The molecule has 0 fully saturated rings. The van der Waals surface area contributed by atoms with Crippen molar-refractivity contribution in [2.75, 3.05) is 6.16 Å². The first-order valence-corrected chi connectivity index (χ1v) is 9.19. The number of aryl methyl sites for hydroxylation is 2. The topological polar surface area (TPSA) is 23.1 Å². The lowest BCUT2D eigenvalue weighted by molar-refractivity contribution is -0.207. The number of benzene rings is 1. The lowest BCUT2D eigenvalue weighted by atomic mass is 9.86. The Bertz CT molecular complexity index is 461. The van der Waals surface area contributed by atoms with Crippen LogP contribution in [0.15, 0.2) is 18.2 Å². The summed E-state index contributed by atoms with van der Waals surface area (Å²) in [5.74, 6) is 0.592. The van der Waals surface area contributed by atoms with Crippen LogP contribution in [0.4, 0.5) is 0 Å². The third-order valence-corrected chi connectivity index (χ3v) is 5.04. The molecule has 0 spiro atoms. The van der Waals surface area contributed by atoms with E-state index in [9.17, 15) is 5.11 Å². The van der Waals surface area contributed by atoms with E-state index in [1.807, 2.05) is 0 Å². The SMILES string of the molecule is CCc1cccc(CC)c1C([O-])=PCC(C)CC(C)(C)C. The van der Waals surface area contributed by atoms with Crippen molar-refractivity contribution in [2.45, 2.75) is 60.8 Å². The number of hydrogen-bond acceptors (Lipinski definition) is 1. The van der Waals surface area contributed by atoms with Gasteiger partial charge in [-0.25, -0.2) is 0 Å². The summed E-state index contributed by atoms with van der Waals surface area (Å²) in [6.45, 7) is 13.3. The third-order valence-electron chi connectivity index (χ3n) is 3.72. The molecule has 1 aromatic rings. The van der Waals surface area contributed by atoms with Crippen molar-refractivity contribution in [1.29, 1.82) is 0 Å². The van der Waals surface area contributed by atoms with Gasteiger partial charge < -0.3 is 5.11 Å². The van der Waals surface area contributed by atoms with E-state index in [0.717, 1.165) is 32.8 Å². The van der Waals surface area contributed by atoms with Crippen LogP contribution in [0.25, 0.3) is 0 Å². The van der Waals surface area contributed by atoms with E-state index in [0.29, 0.717) is 16.8 Å². The molecular weight excluding hydrogens is 275 g/mol. The highest BCUT2D eigenvalue weighted by molar-refractivity contribution is 7.40. The van der Waals surface area contributed by atoms with Crippen LogP contribution in [-0.4, -0.2) is 11.6 Å². The molecule has 118 valence electrons. The molecule has 1 unspecified atom stereocenters. The van der Waals surface area contributed by atoms with Gasteiger partial charge in [0, 0.05) is 0 Å². The maximum Gasteiger partial charge on any atom is -0.00899 e. The molecule has 0 amide bonds. The fourth-order valence-electron chi connectivity index (χ4n) is 2.95. The van der Waals surface area contributed by atoms with Gasteiger partial charge in [-0.3, -0.25) is 0 Å². The number of hydrogen-bond donors (Lipinski definition) is 0. The Morgan fingerprint density at radius 1 is 1.14 bits per heavy atom. The van der Waals surface area contributed by atoms with E-state index in [1.54, 1.807) is 0 Å². The standard InChI is InChI=1S/C19H31OP/c1-7-15-10-9-11-16(8-2)17(15)18(20)21-13-14(3)12-19(4,5)6/h9-11,14,20H,7-8,12-13H2,1-6H3/p-1. The summed E-state index contributed by atoms with van der Waals surface area (Å²) < 4.78 is 0. The molecule has 0 bridgehead atoms. The van der Waals surface area contributed by atoms with Crippen LogP contribution in [0.3, 0.4) is 0 Å². The predicted molar refractivity (Wildman–Crippen MR) is 94.3 cm³/mol. The van der Waals surface area contributed by atoms with Gasteiger partial charge in [-0.05, 0) is 53.4 Å². The monoisotopic (exact) mass is 305 g/mol. The van der Waals surface area contributed by atoms with E-state index in [2.05, 4.69) is 59.7 Å². The lowest BCUT2D eigenvalue weighted by Gasteiger charge is -2.24. The van der Waals surface area contributed by atoms with E-state index in [4.69, 9.17) is 0 Å². The van der Waals surface area contributed by atoms with Gasteiger partial charge in [-0.15, -0.1) is 13.7 Å². The summed E-state index contributed by atoms with van der Waals surface area (Å²) in [7, 11) is 0.954. The van der Waals surface area contributed by atoms with Crippen LogP contribution in [-0.2, 0) is 12.8 Å². The Kier molecular flexibility index (Phi) is 7.10. The van der Waals surface area contributed by atoms with Crippen molar-refractivity contribution < 1.29 is 5.11 Å². The highest BCUT2D eigenvalue weighted by atomic mass is 31.1. The molecule has 1 atom stereocenters. The first-order chi connectivity index (χ1) is 9.78. The molecule has 0 radical (unpaired) electrons. The fourth-order valence-corrected chi connectivity index (χ4v) is 4.00. The fraction of sp³-hybridized carbons (Fsp3) is 0.632. The van der Waals surface area contributed by atoms with E-state index >= 15 is 0 Å². The van der Waals surface area contributed by atoms with Gasteiger partial charge in [0.2, 0.25) is 0 Å². The van der Waals surface area contributed by atoms with Gasteiger partial charge in [0.25, 0.3) is 0 Å². The first kappa shape index (κ1) is 18.4. The third kappa shape index (κ3) is 5.93. The van der Waals surface area contributed by atoms with Gasteiger partial charge in [0.15, 0.2) is 0 Å². The lowest BCUT2D eigenvalue weighted by Crippen LogP contribution is -2.21. The molecule has 0 aliphatic heterocycles. The van der Waals surface area contributed by atoms with Crippen molar-refractivity contribution in [3.05, 3.63) is 34.9 Å². The Morgan fingerprint density at radius 3 is 2.10 bits per heavy atom. The zero-order chi connectivity index (χ0) is 16.0. The molecule has 0 saturated carbocycles. The minimum atomic E-state index is 0.310. The summed E-state index contributed by atoms with van der Waals surface area (Å²) in [6, 6.07) is 6.27. The molecule has 0 aliphatic rings. The Hall–Kier alpha value is -0.650. The highest BCUT2D eigenvalue weighted by Gasteiger charge is 2.14. The maximum absolute atomic E-state index is 12.7. The normalized spacial score (nSPS) is 14.3. The second-order valence-electron chi connectivity index (χ2n) is 7.17. The summed E-state index contributed by atoms with van der Waals surface area (Å²) in [5.41, 5.74) is 4.05. The Morgan fingerprint density at radius 2 is 1.67 bits per heavy atom. The molecule has 0 saturated heterocycles. The summed E-state index contributed by atoms with van der Waals surface area (Å²) >= 11 is 0. The summed E-state index contributed by atoms with van der Waals surface area (Å²) in [6.07, 6.45) is 4.00. The van der Waals surface area contributed by atoms with Crippen LogP contribution >= 0.6 is 8.20 Å². The van der Waals surface area contributed by atoms with Gasteiger partial charge in [0.1, 0.15) is 0 Å². The quantitative estimate of drug-likeness (QED) is 0.700. The van der Waals surface area contributed by atoms with Crippen LogP contribution in [0, 0.1) is 11.3 Å². The predicted octanol–water partition coefficient (Wildman–Crippen LogP) is 4.67. The number of rotatable bonds is 6. The first-order valence-electron chi connectivity index (χ1n) is 8.11. The summed E-state index contributed by atoms with van der Waals surface area (Å²) in [4.78, 5) is 0. The smallest absolute Gasteiger partial charge is 0.00899 e. The molecule has 1 nitrogen and oxygen atoms in total. The zero-order valence-electron chi connectivity index (χ0n) is 14.5. The molecule has 1 aromatic carbocycles. The average Bonchev–Trinajstić information content (AvgIpc) is 2.41. The van der Waals surface area contributed by atoms with Crippen LogP contribution < -0.4 is 5.11 Å². The van der Waals surface area contributed by atoms with Gasteiger partial charge >= 0.3 is 0 Å². The molecule has 21 heavy (non-hydrogen) atoms. The molecule has 2 heteroatoms. The molecule has 0 N–H and O–H groups in total. The zero-order valence-corrected chi connectivity index (χ0v) is 15.4. The minimum Gasteiger partial charge on any atom is -0.824 e. The molecule has 1 rings (SSSR count). The van der Waals surface area contributed by atoms with Crippen molar-refractivity contribution in [3.63, 3.8) is 0 Å². The van der Waals surface area contributed by atoms with Crippen molar-refractivity contribution in [2.24, 2.45) is 11.3 Å². The molecule has 0 aromatic heterocycles. The largest absolute Gasteiger partial charge is 0.824 e. The van der Waals surface area contributed by atoms with Crippen LogP contribution in [0.1, 0.15) is 64.7 Å². The van der Waals surface area contributed by atoms with Crippen LogP contribution in [0.2, 0.25) is 0 Å². The van der Waals surface area contributed by atoms with Crippen molar-refractivity contribution >= 4 is 13.7 Å². The second-order valence-corrected chi connectivity index (χ2v) is 8.26. The molecule has 0 aliphatic carbocycles.